The van der Waals surface area contributed by atoms with Crippen molar-refractivity contribution in [3.63, 3.8) is 0 Å². The van der Waals surface area contributed by atoms with Crippen LogP contribution >= 0.6 is 0 Å². The summed E-state index contributed by atoms with van der Waals surface area (Å²) in [5.41, 5.74) is -0.142. The molecular weight excluding hydrogens is 250 g/mol. The minimum atomic E-state index is -0.502. The van der Waals surface area contributed by atoms with Gasteiger partial charge in [-0.15, -0.1) is 0 Å². The molecule has 0 aromatic carbocycles. The minimum absolute atomic E-state index is 0.0342. The summed E-state index contributed by atoms with van der Waals surface area (Å²) in [5, 5.41) is 16.9. The number of hydrogen-bond acceptors (Lipinski definition) is 7. The van der Waals surface area contributed by atoms with Gasteiger partial charge in [0.2, 0.25) is 11.8 Å². The molecule has 0 spiro atoms. The Morgan fingerprint density at radius 3 is 2.79 bits per heavy atom. The normalized spacial score (nSPS) is 11.9. The molecule has 1 rings (SSSR count). The predicted octanol–water partition coefficient (Wildman–Crippen LogP) is 1.65. The number of ether oxygens (including phenoxy) is 1. The molecule has 0 fully saturated rings. The number of hydrogen-bond donors (Lipinski definition) is 2. The van der Waals surface area contributed by atoms with Crippen molar-refractivity contribution in [2.75, 3.05) is 30.9 Å². The van der Waals surface area contributed by atoms with Gasteiger partial charge < -0.3 is 15.4 Å². The molecule has 0 amide bonds. The summed E-state index contributed by atoms with van der Waals surface area (Å²) in [4.78, 5) is 18.5. The molecule has 8 nitrogen and oxygen atoms in total. The highest BCUT2D eigenvalue weighted by atomic mass is 16.6. The molecule has 0 aliphatic rings. The van der Waals surface area contributed by atoms with Gasteiger partial charge in [0.1, 0.15) is 6.20 Å². The number of nitrogens with zero attached hydrogens (tertiary/aromatic N) is 3. The van der Waals surface area contributed by atoms with Crippen LogP contribution in [0.25, 0.3) is 0 Å². The van der Waals surface area contributed by atoms with E-state index in [2.05, 4.69) is 20.6 Å². The van der Waals surface area contributed by atoms with E-state index in [-0.39, 0.29) is 17.5 Å². The van der Waals surface area contributed by atoms with Crippen LogP contribution in [0.4, 0.5) is 17.5 Å². The van der Waals surface area contributed by atoms with E-state index in [1.54, 1.807) is 7.11 Å². The number of aromatic nitrogens is 2. The standard InChI is InChI=1S/C11H19N5O3/c1-4-8(7-19-3)14-10-9(16(17)18)6-13-11(15-10)12-5-2/h6,8H,4-5,7H2,1-3H3,(H2,12,13,14,15). The summed E-state index contributed by atoms with van der Waals surface area (Å²) in [5.74, 6) is 0.572. The summed E-state index contributed by atoms with van der Waals surface area (Å²) in [6.07, 6.45) is 1.97. The minimum Gasteiger partial charge on any atom is -0.383 e. The van der Waals surface area contributed by atoms with E-state index in [0.717, 1.165) is 6.42 Å². The van der Waals surface area contributed by atoms with Gasteiger partial charge in [-0.05, 0) is 13.3 Å². The molecular formula is C11H19N5O3. The van der Waals surface area contributed by atoms with Crippen LogP contribution in [0.2, 0.25) is 0 Å². The van der Waals surface area contributed by atoms with Crippen LogP contribution in [0, 0.1) is 10.1 Å². The van der Waals surface area contributed by atoms with Gasteiger partial charge in [0.15, 0.2) is 0 Å². The first kappa shape index (κ1) is 15.1. The summed E-state index contributed by atoms with van der Waals surface area (Å²) in [7, 11) is 1.59. The topological polar surface area (TPSA) is 102 Å². The first-order chi connectivity index (χ1) is 9.12. The second-order valence-corrected chi connectivity index (χ2v) is 3.92. The summed E-state index contributed by atoms with van der Waals surface area (Å²) in [6, 6.07) is -0.0342. The zero-order valence-electron chi connectivity index (χ0n) is 11.3. The van der Waals surface area contributed by atoms with Crippen molar-refractivity contribution < 1.29 is 9.66 Å². The van der Waals surface area contributed by atoms with Gasteiger partial charge in [0, 0.05) is 13.7 Å². The van der Waals surface area contributed by atoms with Crippen molar-refractivity contribution in [3.05, 3.63) is 16.3 Å². The van der Waals surface area contributed by atoms with Crippen molar-refractivity contribution in [1.82, 2.24) is 9.97 Å². The fourth-order valence-corrected chi connectivity index (χ4v) is 1.51. The first-order valence-corrected chi connectivity index (χ1v) is 6.13. The lowest BCUT2D eigenvalue weighted by Crippen LogP contribution is -2.25. The SMILES string of the molecule is CCNc1ncc([N+](=O)[O-])c(NC(CC)COC)n1. The molecule has 2 N–H and O–H groups in total. The van der Waals surface area contributed by atoms with Crippen LogP contribution in [0.5, 0.6) is 0 Å². The van der Waals surface area contributed by atoms with Crippen molar-refractivity contribution in [2.45, 2.75) is 26.3 Å². The van der Waals surface area contributed by atoms with Gasteiger partial charge in [0.25, 0.3) is 0 Å². The Hall–Kier alpha value is -1.96. The van der Waals surface area contributed by atoms with Crippen LogP contribution in [-0.2, 0) is 4.74 Å². The summed E-state index contributed by atoms with van der Waals surface area (Å²) in [6.45, 7) is 4.97. The molecule has 0 aliphatic heterocycles. The molecule has 1 unspecified atom stereocenters. The zero-order valence-corrected chi connectivity index (χ0v) is 11.3. The second kappa shape index (κ2) is 7.47. The third-order valence-corrected chi connectivity index (χ3v) is 2.50. The lowest BCUT2D eigenvalue weighted by atomic mass is 10.2. The third kappa shape index (κ3) is 4.32. The highest BCUT2D eigenvalue weighted by Crippen LogP contribution is 2.23. The molecule has 0 saturated carbocycles. The van der Waals surface area contributed by atoms with E-state index < -0.39 is 4.92 Å². The van der Waals surface area contributed by atoms with Gasteiger partial charge in [-0.25, -0.2) is 4.98 Å². The zero-order chi connectivity index (χ0) is 14.3. The fraction of sp³-hybridized carbons (Fsp3) is 0.636. The average Bonchev–Trinajstić information content (AvgIpc) is 2.38. The highest BCUT2D eigenvalue weighted by Gasteiger charge is 2.19. The van der Waals surface area contributed by atoms with Crippen LogP contribution in [0.3, 0.4) is 0 Å². The van der Waals surface area contributed by atoms with Crippen molar-refractivity contribution in [1.29, 1.82) is 0 Å². The van der Waals surface area contributed by atoms with Crippen LogP contribution in [0.15, 0.2) is 6.20 Å². The number of methoxy groups -OCH3 is 1. The molecule has 0 aliphatic carbocycles. The van der Waals surface area contributed by atoms with E-state index in [1.165, 1.54) is 6.20 Å². The Bertz CT molecular complexity index is 427. The summed E-state index contributed by atoms with van der Waals surface area (Å²) >= 11 is 0. The maximum absolute atomic E-state index is 11.0. The molecule has 1 aromatic heterocycles. The van der Waals surface area contributed by atoms with E-state index in [4.69, 9.17) is 4.74 Å². The monoisotopic (exact) mass is 269 g/mol. The summed E-state index contributed by atoms with van der Waals surface area (Å²) < 4.78 is 5.05. The van der Waals surface area contributed by atoms with E-state index in [0.29, 0.717) is 19.1 Å². The van der Waals surface area contributed by atoms with Crippen LogP contribution < -0.4 is 10.6 Å². The number of anilines is 2. The van der Waals surface area contributed by atoms with Gasteiger partial charge in [-0.1, -0.05) is 6.92 Å². The number of nitrogens with one attached hydrogen (secondary N) is 2. The van der Waals surface area contributed by atoms with Gasteiger partial charge >= 0.3 is 5.69 Å². The maximum atomic E-state index is 11.0. The van der Waals surface area contributed by atoms with Crippen molar-refractivity contribution >= 4 is 17.5 Å². The fourth-order valence-electron chi connectivity index (χ4n) is 1.51. The molecule has 106 valence electrons. The Morgan fingerprint density at radius 2 is 2.26 bits per heavy atom. The van der Waals surface area contributed by atoms with Crippen molar-refractivity contribution in [3.8, 4) is 0 Å². The van der Waals surface area contributed by atoms with Crippen LogP contribution in [0.1, 0.15) is 20.3 Å². The highest BCUT2D eigenvalue weighted by molar-refractivity contribution is 5.57. The predicted molar refractivity (Wildman–Crippen MR) is 72.4 cm³/mol. The molecule has 0 saturated heterocycles. The third-order valence-electron chi connectivity index (χ3n) is 2.50. The quantitative estimate of drug-likeness (QED) is 0.546. The van der Waals surface area contributed by atoms with Gasteiger partial charge in [0.05, 0.1) is 17.6 Å². The Balaban J connectivity index is 2.99. The van der Waals surface area contributed by atoms with Crippen molar-refractivity contribution in [2.24, 2.45) is 0 Å². The van der Waals surface area contributed by atoms with Gasteiger partial charge in [-0.2, -0.15) is 4.98 Å². The van der Waals surface area contributed by atoms with E-state index in [9.17, 15) is 10.1 Å². The Kier molecular flexibility index (Phi) is 5.94. The molecule has 1 aromatic rings. The lowest BCUT2D eigenvalue weighted by Gasteiger charge is -2.16. The molecule has 1 atom stereocenters. The Labute approximate surface area is 111 Å². The van der Waals surface area contributed by atoms with E-state index >= 15 is 0 Å². The number of nitro groups is 1. The molecule has 19 heavy (non-hydrogen) atoms. The number of rotatable bonds is 8. The molecule has 0 radical (unpaired) electrons. The van der Waals surface area contributed by atoms with Gasteiger partial charge in [-0.3, -0.25) is 10.1 Å². The first-order valence-electron chi connectivity index (χ1n) is 6.13. The smallest absolute Gasteiger partial charge is 0.329 e. The lowest BCUT2D eigenvalue weighted by molar-refractivity contribution is -0.384. The second-order valence-electron chi connectivity index (χ2n) is 3.92. The molecule has 0 bridgehead atoms. The van der Waals surface area contributed by atoms with E-state index in [1.807, 2.05) is 13.8 Å². The average molecular weight is 269 g/mol. The maximum Gasteiger partial charge on any atom is 0.329 e. The van der Waals surface area contributed by atoms with Crippen LogP contribution in [-0.4, -0.2) is 41.2 Å². The molecule has 8 heteroatoms. The largest absolute Gasteiger partial charge is 0.383 e. The molecule has 1 heterocycles. The Morgan fingerprint density at radius 1 is 1.53 bits per heavy atom.